The maximum Gasteiger partial charge on any atom is 0 e. The molecular weight excluding hydrogens is 434 g/mol. The summed E-state index contributed by atoms with van der Waals surface area (Å²) in [6.07, 6.45) is 0. The molecule has 4 heteroatoms. The van der Waals surface area contributed by atoms with Gasteiger partial charge in [0.1, 0.15) is 0 Å². The second kappa shape index (κ2) is 16.7. The molecule has 0 aromatic carbocycles. The van der Waals surface area contributed by atoms with Crippen molar-refractivity contribution in [3.63, 3.8) is 0 Å². The van der Waals surface area contributed by atoms with Crippen LogP contribution in [0.4, 0.5) is 0 Å². The Kier molecular flexibility index (Phi) is 118. The van der Waals surface area contributed by atoms with E-state index in [2.05, 4.69) is 0 Å². The van der Waals surface area contributed by atoms with Crippen molar-refractivity contribution >= 4 is 73.2 Å². The molecule has 5 radical (unpaired) electrons. The van der Waals surface area contributed by atoms with Gasteiger partial charge in [0.2, 0.25) is 0 Å². The molecule has 29 valence electrons. The quantitative estimate of drug-likeness (QED) is 0.388. The van der Waals surface area contributed by atoms with Crippen molar-refractivity contribution in [3.05, 3.63) is 0 Å². The van der Waals surface area contributed by atoms with Gasteiger partial charge in [-0.15, -0.1) is 0 Å². The Morgan fingerprint density at radius 3 is 0.750 bits per heavy atom. The Morgan fingerprint density at radius 2 is 0.750 bits per heavy atom. The van der Waals surface area contributed by atoms with E-state index in [4.69, 9.17) is 0 Å². The van der Waals surface area contributed by atoms with Crippen LogP contribution in [0.3, 0.4) is 0 Å². The Hall–Kier alpha value is 2.97. The molecule has 0 N–H and O–H groups in total. The van der Waals surface area contributed by atoms with E-state index in [9.17, 15) is 0 Å². The van der Waals surface area contributed by atoms with Crippen LogP contribution in [-0.2, 0) is 17.1 Å². The van der Waals surface area contributed by atoms with Gasteiger partial charge < -0.3 is 0 Å². The summed E-state index contributed by atoms with van der Waals surface area (Å²) in [4.78, 5) is 0. The van der Waals surface area contributed by atoms with Crippen molar-refractivity contribution < 1.29 is 17.1 Å². The van der Waals surface area contributed by atoms with E-state index in [0.29, 0.717) is 0 Å². The van der Waals surface area contributed by atoms with Crippen molar-refractivity contribution in [3.8, 4) is 0 Å². The van der Waals surface area contributed by atoms with Crippen molar-refractivity contribution in [2.75, 3.05) is 0 Å². The molecule has 0 nitrogen and oxygen atoms in total. The molecule has 0 amide bonds. The largest absolute Gasteiger partial charge is 0 e. The van der Waals surface area contributed by atoms with Gasteiger partial charge in [0.25, 0.3) is 0 Å². The van der Waals surface area contributed by atoms with E-state index in [0.717, 1.165) is 0 Å². The minimum absolute atomic E-state index is 0. The van der Waals surface area contributed by atoms with Crippen LogP contribution in [0.5, 0.6) is 0 Å². The van der Waals surface area contributed by atoms with Crippen molar-refractivity contribution in [1.82, 2.24) is 0 Å². The third kappa shape index (κ3) is 8.88. The van der Waals surface area contributed by atoms with Gasteiger partial charge in [-0.1, -0.05) is 0 Å². The molecule has 0 aromatic rings. The molecular formula is H3CuInTe2. The van der Waals surface area contributed by atoms with Gasteiger partial charge in [-0.25, -0.2) is 0 Å². The van der Waals surface area contributed by atoms with Gasteiger partial charge in [0.15, 0.2) is 0 Å². The van der Waals surface area contributed by atoms with Crippen LogP contribution in [0.25, 0.3) is 0 Å². The predicted octanol–water partition coefficient (Wildman–Crippen LogP) is -1.95. The summed E-state index contributed by atoms with van der Waals surface area (Å²) in [6, 6.07) is 0. The van der Waals surface area contributed by atoms with Gasteiger partial charge in [-0.2, -0.15) is 0 Å². The monoisotopic (exact) mass is 441 g/mol. The fourth-order valence-corrected chi connectivity index (χ4v) is 0. The fourth-order valence-electron chi connectivity index (χ4n) is 0. The van der Waals surface area contributed by atoms with Crippen LogP contribution in [-0.4, -0.2) is 73.2 Å². The van der Waals surface area contributed by atoms with Crippen LogP contribution < -0.4 is 0 Å². The zero-order chi connectivity index (χ0) is 0. The van der Waals surface area contributed by atoms with Crippen LogP contribution in [0.15, 0.2) is 0 Å². The van der Waals surface area contributed by atoms with Crippen molar-refractivity contribution in [1.29, 1.82) is 0 Å². The fraction of sp³-hybridized carbons (Fsp3) is 0. The van der Waals surface area contributed by atoms with Gasteiger partial charge in [-0.05, 0) is 0 Å². The normalized spacial score (nSPS) is 0. The summed E-state index contributed by atoms with van der Waals surface area (Å²) in [6.45, 7) is 0. The minimum atomic E-state index is 0. The molecule has 0 rings (SSSR count). The van der Waals surface area contributed by atoms with Gasteiger partial charge in [0, 0.05) is 64.4 Å². The second-order valence-electron chi connectivity index (χ2n) is 0. The smallest absolute Gasteiger partial charge is 0 e. The first-order valence-electron chi connectivity index (χ1n) is 0. The van der Waals surface area contributed by atoms with Gasteiger partial charge in [-0.3, -0.25) is 0 Å². The second-order valence-corrected chi connectivity index (χ2v) is 0. The van der Waals surface area contributed by atoms with Crippen molar-refractivity contribution in [2.24, 2.45) is 0 Å². The molecule has 0 saturated heterocycles. The summed E-state index contributed by atoms with van der Waals surface area (Å²) >= 11 is 0. The van der Waals surface area contributed by atoms with Gasteiger partial charge in [0.05, 0.1) is 0 Å². The first-order valence-corrected chi connectivity index (χ1v) is 0. The summed E-state index contributed by atoms with van der Waals surface area (Å²) in [7, 11) is 0. The summed E-state index contributed by atoms with van der Waals surface area (Å²) in [5.41, 5.74) is 0. The molecule has 0 unspecified atom stereocenters. The molecule has 0 spiro atoms. The number of hydrogen-bond donors (Lipinski definition) is 0. The Labute approximate surface area is 88.6 Å². The zero-order valence-electron chi connectivity index (χ0n) is 1.12. The van der Waals surface area contributed by atoms with Crippen LogP contribution in [0.1, 0.15) is 0 Å². The van der Waals surface area contributed by atoms with E-state index in [1.165, 1.54) is 0 Å². The van der Waals surface area contributed by atoms with E-state index >= 15 is 0 Å². The number of rotatable bonds is 0. The first kappa shape index (κ1) is 28.2. The van der Waals surface area contributed by atoms with Crippen molar-refractivity contribution in [2.45, 2.75) is 0 Å². The molecule has 0 aliphatic rings. The molecule has 0 saturated carbocycles. The summed E-state index contributed by atoms with van der Waals surface area (Å²) in [5.74, 6) is 0. The molecule has 0 heterocycles. The Bertz CT molecular complexity index is 6.00. The maximum atomic E-state index is 0. The van der Waals surface area contributed by atoms with Crippen LogP contribution >= 0.6 is 0 Å². The minimum Gasteiger partial charge on any atom is 0 e. The maximum absolute atomic E-state index is 0. The molecule has 0 atom stereocenters. The number of hydrogen-bond acceptors (Lipinski definition) is 0. The molecule has 0 fully saturated rings. The molecule has 0 aliphatic carbocycles. The molecule has 4 heavy (non-hydrogen) atoms. The van der Waals surface area contributed by atoms with E-state index in [-0.39, 0.29) is 90.2 Å². The zero-order valence-corrected chi connectivity index (χ0v) is 6.72. The molecule has 0 bridgehead atoms. The Morgan fingerprint density at radius 1 is 0.750 bits per heavy atom. The molecule has 0 aromatic heterocycles. The topological polar surface area (TPSA) is 0 Å². The summed E-state index contributed by atoms with van der Waals surface area (Å²) < 4.78 is 0. The first-order chi connectivity index (χ1) is 0. The molecule has 0 aliphatic heterocycles. The standard InChI is InChI=1S/Cu.In.2Te.3H. The third-order valence-corrected chi connectivity index (χ3v) is 0. The van der Waals surface area contributed by atoms with E-state index < -0.39 is 0 Å². The average molecular weight is 437 g/mol. The van der Waals surface area contributed by atoms with E-state index in [1.807, 2.05) is 0 Å². The predicted molar refractivity (Wildman–Crippen MR) is 21.4 cm³/mol. The van der Waals surface area contributed by atoms with Crippen LogP contribution in [0.2, 0.25) is 0 Å². The van der Waals surface area contributed by atoms with Crippen LogP contribution in [0, 0.1) is 0 Å². The van der Waals surface area contributed by atoms with E-state index in [1.54, 1.807) is 0 Å². The van der Waals surface area contributed by atoms with Gasteiger partial charge >= 0.3 is 25.8 Å². The Balaban J connectivity index is 0. The average Bonchev–Trinajstić information content (AvgIpc) is 0. The third-order valence-electron chi connectivity index (χ3n) is 0. The summed E-state index contributed by atoms with van der Waals surface area (Å²) in [5, 5.41) is 0. The SMILES string of the molecule is [Cu].[InH3].[Te].[Te].